The number of aryl methyl sites for hydroxylation is 2. The lowest BCUT2D eigenvalue weighted by atomic mass is 10.2. The lowest BCUT2D eigenvalue weighted by Crippen LogP contribution is -2.30. The van der Waals surface area contributed by atoms with Gasteiger partial charge in [-0.05, 0) is 24.5 Å². The molecule has 2 heterocycles. The minimum Gasteiger partial charge on any atom is -0.465 e. The van der Waals surface area contributed by atoms with E-state index in [1.54, 1.807) is 13.0 Å². The third-order valence-electron chi connectivity index (χ3n) is 2.45. The van der Waals surface area contributed by atoms with Crippen LogP contribution in [0, 0.1) is 6.92 Å². The number of amides is 1. The van der Waals surface area contributed by atoms with Gasteiger partial charge in [0.25, 0.3) is 5.91 Å². The molecule has 0 unspecified atom stereocenters. The first kappa shape index (κ1) is 14.0. The van der Waals surface area contributed by atoms with Gasteiger partial charge in [0, 0.05) is 6.42 Å². The zero-order chi connectivity index (χ0) is 13.8. The zero-order valence-corrected chi connectivity index (χ0v) is 12.2. The average molecular weight is 298 g/mol. The summed E-state index contributed by atoms with van der Waals surface area (Å²) >= 11 is 2.92. The Balaban J connectivity index is 2.01. The highest BCUT2D eigenvalue weighted by Gasteiger charge is 2.14. The standard InChI is InChI=1S/C11H14N4O2S2/c1-3-9-13-11(19-15-9)18-5-7-4-8(6(2)17-7)10(16)14-12/h4H,3,5,12H2,1-2H3,(H,14,16). The fourth-order valence-electron chi connectivity index (χ4n) is 1.49. The van der Waals surface area contributed by atoms with Crippen LogP contribution < -0.4 is 11.3 Å². The number of hydrogen-bond acceptors (Lipinski definition) is 7. The highest BCUT2D eigenvalue weighted by Crippen LogP contribution is 2.26. The summed E-state index contributed by atoms with van der Waals surface area (Å²) in [6.07, 6.45) is 0.831. The monoisotopic (exact) mass is 298 g/mol. The Hall–Kier alpha value is -1.38. The molecule has 0 fully saturated rings. The Morgan fingerprint density at radius 2 is 2.42 bits per heavy atom. The van der Waals surface area contributed by atoms with Crippen molar-refractivity contribution >= 4 is 29.2 Å². The van der Waals surface area contributed by atoms with Gasteiger partial charge < -0.3 is 4.42 Å². The number of aromatic nitrogens is 2. The van der Waals surface area contributed by atoms with Crippen molar-refractivity contribution in [1.82, 2.24) is 14.8 Å². The van der Waals surface area contributed by atoms with Gasteiger partial charge in [-0.15, -0.1) is 0 Å². The van der Waals surface area contributed by atoms with Crippen LogP contribution in [0.15, 0.2) is 14.8 Å². The van der Waals surface area contributed by atoms with Crippen molar-refractivity contribution in [2.75, 3.05) is 0 Å². The maximum Gasteiger partial charge on any atom is 0.268 e. The first-order valence-corrected chi connectivity index (χ1v) is 7.45. The van der Waals surface area contributed by atoms with Crippen molar-refractivity contribution in [3.05, 3.63) is 29.0 Å². The number of nitrogens with two attached hydrogens (primary N) is 1. The maximum atomic E-state index is 11.4. The molecule has 8 heteroatoms. The maximum absolute atomic E-state index is 11.4. The molecular weight excluding hydrogens is 284 g/mol. The predicted octanol–water partition coefficient (Wildman–Crippen LogP) is 1.90. The summed E-state index contributed by atoms with van der Waals surface area (Å²) in [5, 5.41) is 0. The molecule has 0 spiro atoms. The van der Waals surface area contributed by atoms with Gasteiger partial charge in [0.15, 0.2) is 4.34 Å². The van der Waals surface area contributed by atoms with Crippen molar-refractivity contribution < 1.29 is 9.21 Å². The zero-order valence-electron chi connectivity index (χ0n) is 10.6. The summed E-state index contributed by atoms with van der Waals surface area (Å²) in [5.41, 5.74) is 2.56. The number of hydrazine groups is 1. The van der Waals surface area contributed by atoms with E-state index in [1.165, 1.54) is 23.3 Å². The molecule has 0 bridgehead atoms. The third-order valence-corrected chi connectivity index (χ3v) is 4.34. The van der Waals surface area contributed by atoms with Crippen LogP contribution in [-0.2, 0) is 12.2 Å². The molecule has 6 nitrogen and oxygen atoms in total. The fraction of sp³-hybridized carbons (Fsp3) is 0.364. The van der Waals surface area contributed by atoms with Gasteiger partial charge in [-0.2, -0.15) is 4.37 Å². The SMILES string of the molecule is CCc1nsc(SCc2cc(C(=O)NN)c(C)o2)n1. The first-order chi connectivity index (χ1) is 9.13. The number of furan rings is 1. The van der Waals surface area contributed by atoms with Crippen LogP contribution in [0.5, 0.6) is 0 Å². The molecule has 0 atom stereocenters. The highest BCUT2D eigenvalue weighted by molar-refractivity contribution is 8.00. The quantitative estimate of drug-likeness (QED) is 0.379. The van der Waals surface area contributed by atoms with Gasteiger partial charge in [0.2, 0.25) is 0 Å². The van der Waals surface area contributed by atoms with Crippen molar-refractivity contribution in [3.8, 4) is 0 Å². The van der Waals surface area contributed by atoms with Crippen LogP contribution in [0.25, 0.3) is 0 Å². The van der Waals surface area contributed by atoms with E-state index in [2.05, 4.69) is 14.8 Å². The molecular formula is C11H14N4O2S2. The van der Waals surface area contributed by atoms with E-state index in [9.17, 15) is 4.79 Å². The largest absolute Gasteiger partial charge is 0.465 e. The molecule has 0 aliphatic carbocycles. The van der Waals surface area contributed by atoms with Gasteiger partial charge in [-0.1, -0.05) is 18.7 Å². The Bertz CT molecular complexity index is 579. The van der Waals surface area contributed by atoms with Crippen molar-refractivity contribution in [3.63, 3.8) is 0 Å². The van der Waals surface area contributed by atoms with Crippen molar-refractivity contribution in [2.24, 2.45) is 5.84 Å². The van der Waals surface area contributed by atoms with Gasteiger partial charge in [0.1, 0.15) is 17.3 Å². The second kappa shape index (κ2) is 6.18. The van der Waals surface area contributed by atoms with Crippen LogP contribution in [-0.4, -0.2) is 15.3 Å². The van der Waals surface area contributed by atoms with E-state index in [-0.39, 0.29) is 5.91 Å². The number of thioether (sulfide) groups is 1. The Morgan fingerprint density at radius 3 is 3.05 bits per heavy atom. The lowest BCUT2D eigenvalue weighted by molar-refractivity contribution is 0.0952. The molecule has 0 aliphatic rings. The number of nitrogens with zero attached hydrogens (tertiary/aromatic N) is 2. The van der Waals surface area contributed by atoms with Crippen LogP contribution in [0.3, 0.4) is 0 Å². The summed E-state index contributed by atoms with van der Waals surface area (Å²) < 4.78 is 10.6. The minimum atomic E-state index is -0.346. The normalized spacial score (nSPS) is 10.7. The van der Waals surface area contributed by atoms with Crippen LogP contribution in [0.2, 0.25) is 0 Å². The third kappa shape index (κ3) is 3.34. The van der Waals surface area contributed by atoms with Crippen molar-refractivity contribution in [2.45, 2.75) is 30.4 Å². The number of carbonyl (C=O) groups is 1. The predicted molar refractivity (Wildman–Crippen MR) is 73.9 cm³/mol. The van der Waals surface area contributed by atoms with E-state index in [0.29, 0.717) is 22.8 Å². The van der Waals surface area contributed by atoms with Crippen LogP contribution in [0.4, 0.5) is 0 Å². The Kier molecular flexibility index (Phi) is 4.56. The molecule has 102 valence electrons. The number of hydrogen-bond donors (Lipinski definition) is 2. The summed E-state index contributed by atoms with van der Waals surface area (Å²) in [7, 11) is 0. The molecule has 0 radical (unpaired) electrons. The molecule has 3 N–H and O–H groups in total. The first-order valence-electron chi connectivity index (χ1n) is 5.69. The van der Waals surface area contributed by atoms with Gasteiger partial charge in [-0.25, -0.2) is 10.8 Å². The second-order valence-electron chi connectivity index (χ2n) is 3.77. The number of carbonyl (C=O) groups excluding carboxylic acids is 1. The molecule has 2 aromatic rings. The molecule has 2 aromatic heterocycles. The average Bonchev–Trinajstić information content (AvgIpc) is 3.01. The second-order valence-corrected chi connectivity index (χ2v) is 5.75. The van der Waals surface area contributed by atoms with Crippen LogP contribution >= 0.6 is 23.3 Å². The summed E-state index contributed by atoms with van der Waals surface area (Å²) in [4.78, 5) is 15.8. The molecule has 2 rings (SSSR count). The van der Waals surface area contributed by atoms with Gasteiger partial charge in [-0.3, -0.25) is 10.2 Å². The molecule has 19 heavy (non-hydrogen) atoms. The highest BCUT2D eigenvalue weighted by atomic mass is 32.2. The minimum absolute atomic E-state index is 0.346. The van der Waals surface area contributed by atoms with Gasteiger partial charge in [0.05, 0.1) is 11.3 Å². The van der Waals surface area contributed by atoms with Gasteiger partial charge >= 0.3 is 0 Å². The van der Waals surface area contributed by atoms with E-state index >= 15 is 0 Å². The fourth-order valence-corrected chi connectivity index (χ4v) is 3.07. The van der Waals surface area contributed by atoms with Crippen molar-refractivity contribution in [1.29, 1.82) is 0 Å². The molecule has 0 saturated heterocycles. The summed E-state index contributed by atoms with van der Waals surface area (Å²) in [6.45, 7) is 3.75. The lowest BCUT2D eigenvalue weighted by Gasteiger charge is -1.93. The molecule has 0 saturated carbocycles. The molecule has 0 aromatic carbocycles. The van der Waals surface area contributed by atoms with Crippen LogP contribution in [0.1, 0.15) is 34.6 Å². The van der Waals surface area contributed by atoms with E-state index < -0.39 is 0 Å². The van der Waals surface area contributed by atoms with E-state index in [0.717, 1.165) is 16.6 Å². The Labute approximate surface area is 118 Å². The van der Waals surface area contributed by atoms with E-state index in [1.807, 2.05) is 6.92 Å². The Morgan fingerprint density at radius 1 is 1.63 bits per heavy atom. The molecule has 0 aliphatic heterocycles. The number of nitrogen functional groups attached to an aromatic ring is 1. The summed E-state index contributed by atoms with van der Waals surface area (Å²) in [6, 6.07) is 1.70. The number of nitrogens with one attached hydrogen (secondary N) is 1. The van der Waals surface area contributed by atoms with E-state index in [4.69, 9.17) is 10.3 Å². The number of rotatable bonds is 5. The molecule has 1 amide bonds. The smallest absolute Gasteiger partial charge is 0.268 e. The topological polar surface area (TPSA) is 94.0 Å². The summed E-state index contributed by atoms with van der Waals surface area (Å²) in [5.74, 6) is 7.50.